The normalized spacial score (nSPS) is 12.2. The average molecular weight is 297 g/mol. The Balaban J connectivity index is 2.58. The van der Waals surface area contributed by atoms with Crippen LogP contribution in [0.25, 0.3) is 0 Å². The summed E-state index contributed by atoms with van der Waals surface area (Å²) < 4.78 is 13.3. The van der Waals surface area contributed by atoms with Crippen LogP contribution in [-0.4, -0.2) is 23.4 Å². The van der Waals surface area contributed by atoms with Gasteiger partial charge in [0, 0.05) is 19.2 Å². The number of carbonyl (C=O) groups excluding carboxylic acids is 1. The largest absolute Gasteiger partial charge is 0.354 e. The summed E-state index contributed by atoms with van der Waals surface area (Å²) in [6.45, 7) is 6.42. The summed E-state index contributed by atoms with van der Waals surface area (Å²) in [5.74, 6) is -0.473. The lowest BCUT2D eigenvalue weighted by atomic mass is 10.1. The highest BCUT2D eigenvalue weighted by Gasteiger charge is 2.14. The van der Waals surface area contributed by atoms with Gasteiger partial charge in [0.25, 0.3) is 5.69 Å². The smallest absolute Gasteiger partial charge is 0.272 e. The number of amides is 1. The van der Waals surface area contributed by atoms with E-state index in [2.05, 4.69) is 10.6 Å². The fraction of sp³-hybridized carbons (Fsp3) is 0.500. The second-order valence-corrected chi connectivity index (χ2v) is 5.32. The molecule has 0 fully saturated rings. The summed E-state index contributed by atoms with van der Waals surface area (Å²) in [4.78, 5) is 21.8. The Morgan fingerprint density at radius 3 is 2.57 bits per heavy atom. The molecule has 0 aliphatic rings. The van der Waals surface area contributed by atoms with Crippen molar-refractivity contribution in [2.75, 3.05) is 6.54 Å². The summed E-state index contributed by atoms with van der Waals surface area (Å²) >= 11 is 0. The van der Waals surface area contributed by atoms with E-state index in [0.29, 0.717) is 18.0 Å². The minimum Gasteiger partial charge on any atom is -0.354 e. The van der Waals surface area contributed by atoms with Gasteiger partial charge in [0.2, 0.25) is 5.91 Å². The number of halogens is 1. The molecule has 7 heteroatoms. The fourth-order valence-electron chi connectivity index (χ4n) is 1.66. The van der Waals surface area contributed by atoms with Gasteiger partial charge in [-0.15, -0.1) is 0 Å². The molecule has 0 saturated carbocycles. The van der Waals surface area contributed by atoms with Crippen molar-refractivity contribution in [2.24, 2.45) is 5.92 Å². The first-order valence-corrected chi connectivity index (χ1v) is 6.74. The molecule has 0 aliphatic heterocycles. The van der Waals surface area contributed by atoms with Crippen molar-refractivity contribution in [1.29, 1.82) is 0 Å². The van der Waals surface area contributed by atoms with Gasteiger partial charge in [0.05, 0.1) is 17.0 Å². The summed E-state index contributed by atoms with van der Waals surface area (Å²) in [5, 5.41) is 16.3. The molecule has 0 spiro atoms. The number of nitrogens with zero attached hydrogens (tertiary/aromatic N) is 1. The maximum Gasteiger partial charge on any atom is 0.272 e. The third-order valence-electron chi connectivity index (χ3n) is 2.84. The molecule has 2 N–H and O–H groups in total. The van der Waals surface area contributed by atoms with Gasteiger partial charge in [-0.25, -0.2) is 4.39 Å². The highest BCUT2D eigenvalue weighted by Crippen LogP contribution is 2.16. The van der Waals surface area contributed by atoms with Gasteiger partial charge in [-0.05, 0) is 24.5 Å². The van der Waals surface area contributed by atoms with Crippen molar-refractivity contribution in [2.45, 2.75) is 33.4 Å². The number of benzene rings is 1. The van der Waals surface area contributed by atoms with Gasteiger partial charge in [-0.1, -0.05) is 13.8 Å². The molecule has 1 aromatic rings. The van der Waals surface area contributed by atoms with Gasteiger partial charge in [-0.3, -0.25) is 14.9 Å². The molecule has 1 unspecified atom stereocenters. The Labute approximate surface area is 122 Å². The first kappa shape index (κ1) is 17.0. The molecule has 0 heterocycles. The number of nitrogens with one attached hydrogen (secondary N) is 2. The fourth-order valence-corrected chi connectivity index (χ4v) is 1.66. The lowest BCUT2D eigenvalue weighted by Gasteiger charge is -2.15. The molecule has 0 aromatic heterocycles. The number of non-ortho nitro benzene ring substituents is 1. The first-order chi connectivity index (χ1) is 9.79. The molecular formula is C14H20FN3O3. The standard InChI is InChI=1S/C14H20FN3O3/c1-9(2)7-17-14(19)10(3)16-8-11-4-12(15)6-13(5-11)18(20)21/h4-6,9-10,16H,7-8H2,1-3H3,(H,17,19). The molecule has 0 radical (unpaired) electrons. The zero-order valence-corrected chi connectivity index (χ0v) is 12.4. The zero-order valence-electron chi connectivity index (χ0n) is 12.4. The molecule has 1 amide bonds. The second-order valence-electron chi connectivity index (χ2n) is 5.32. The molecule has 6 nitrogen and oxygen atoms in total. The topological polar surface area (TPSA) is 84.3 Å². The average Bonchev–Trinajstić information content (AvgIpc) is 2.41. The van der Waals surface area contributed by atoms with Crippen LogP contribution < -0.4 is 10.6 Å². The number of nitro benzene ring substituents is 1. The second kappa shape index (κ2) is 7.68. The van der Waals surface area contributed by atoms with E-state index < -0.39 is 16.8 Å². The van der Waals surface area contributed by atoms with Gasteiger partial charge in [-0.2, -0.15) is 0 Å². The number of hydrogen-bond acceptors (Lipinski definition) is 4. The Kier molecular flexibility index (Phi) is 6.23. The third kappa shape index (κ3) is 5.86. The van der Waals surface area contributed by atoms with Crippen LogP contribution in [0.3, 0.4) is 0 Å². The molecule has 21 heavy (non-hydrogen) atoms. The molecule has 1 atom stereocenters. The molecule has 1 aromatic carbocycles. The number of nitro groups is 1. The van der Waals surface area contributed by atoms with Crippen LogP contribution in [0, 0.1) is 21.8 Å². The molecule has 116 valence electrons. The van der Waals surface area contributed by atoms with Gasteiger partial charge in [0.15, 0.2) is 0 Å². The Morgan fingerprint density at radius 2 is 2.00 bits per heavy atom. The maximum absolute atomic E-state index is 13.3. The number of carbonyl (C=O) groups is 1. The van der Waals surface area contributed by atoms with Crippen molar-refractivity contribution in [3.8, 4) is 0 Å². The van der Waals surface area contributed by atoms with Crippen molar-refractivity contribution < 1.29 is 14.1 Å². The molecule has 1 rings (SSSR count). The minimum atomic E-state index is -0.669. The van der Waals surface area contributed by atoms with E-state index in [1.54, 1.807) is 6.92 Å². The minimum absolute atomic E-state index is 0.158. The lowest BCUT2D eigenvalue weighted by molar-refractivity contribution is -0.385. The van der Waals surface area contributed by atoms with E-state index >= 15 is 0 Å². The maximum atomic E-state index is 13.3. The van der Waals surface area contributed by atoms with Crippen LogP contribution in [0.2, 0.25) is 0 Å². The third-order valence-corrected chi connectivity index (χ3v) is 2.84. The molecule has 0 bridgehead atoms. The van der Waals surface area contributed by atoms with E-state index in [9.17, 15) is 19.3 Å². The van der Waals surface area contributed by atoms with Gasteiger partial charge >= 0.3 is 0 Å². The van der Waals surface area contributed by atoms with Crippen molar-refractivity contribution >= 4 is 11.6 Å². The summed E-state index contributed by atoms with van der Waals surface area (Å²) in [6, 6.07) is 2.89. The highest BCUT2D eigenvalue weighted by atomic mass is 19.1. The van der Waals surface area contributed by atoms with Crippen LogP contribution in [0.5, 0.6) is 0 Å². The molecular weight excluding hydrogens is 277 g/mol. The first-order valence-electron chi connectivity index (χ1n) is 6.74. The predicted molar refractivity (Wildman–Crippen MR) is 77.2 cm³/mol. The van der Waals surface area contributed by atoms with E-state index in [1.807, 2.05) is 13.8 Å². The SMILES string of the molecule is CC(C)CNC(=O)C(C)NCc1cc(F)cc([N+](=O)[O-])c1. The van der Waals surface area contributed by atoms with Gasteiger partial charge < -0.3 is 10.6 Å². The van der Waals surface area contributed by atoms with Crippen LogP contribution in [0.4, 0.5) is 10.1 Å². The van der Waals surface area contributed by atoms with Gasteiger partial charge in [0.1, 0.15) is 5.82 Å². The number of rotatable bonds is 7. The quantitative estimate of drug-likeness (QED) is 0.595. The molecule has 0 aliphatic carbocycles. The van der Waals surface area contributed by atoms with Crippen LogP contribution in [-0.2, 0) is 11.3 Å². The number of hydrogen-bond donors (Lipinski definition) is 2. The monoisotopic (exact) mass is 297 g/mol. The zero-order chi connectivity index (χ0) is 16.0. The van der Waals surface area contributed by atoms with Crippen molar-refractivity contribution in [3.05, 3.63) is 39.7 Å². The van der Waals surface area contributed by atoms with Crippen molar-refractivity contribution in [1.82, 2.24) is 10.6 Å². The lowest BCUT2D eigenvalue weighted by Crippen LogP contribution is -2.42. The van der Waals surface area contributed by atoms with Crippen LogP contribution >= 0.6 is 0 Å². The molecule has 0 saturated heterocycles. The van der Waals surface area contributed by atoms with Crippen LogP contribution in [0.1, 0.15) is 26.3 Å². The van der Waals surface area contributed by atoms with E-state index in [4.69, 9.17) is 0 Å². The van der Waals surface area contributed by atoms with E-state index in [1.165, 1.54) is 12.1 Å². The Bertz CT molecular complexity index is 520. The Hall–Kier alpha value is -2.02. The highest BCUT2D eigenvalue weighted by molar-refractivity contribution is 5.81. The van der Waals surface area contributed by atoms with Crippen molar-refractivity contribution in [3.63, 3.8) is 0 Å². The van der Waals surface area contributed by atoms with E-state index in [-0.39, 0.29) is 18.1 Å². The van der Waals surface area contributed by atoms with E-state index in [0.717, 1.165) is 6.07 Å². The summed E-state index contributed by atoms with van der Waals surface area (Å²) in [7, 11) is 0. The van der Waals surface area contributed by atoms with Crippen LogP contribution in [0.15, 0.2) is 18.2 Å². The summed E-state index contributed by atoms with van der Waals surface area (Å²) in [5.41, 5.74) is 0.119. The predicted octanol–water partition coefficient (Wildman–Crippen LogP) is 1.98. The Morgan fingerprint density at radius 1 is 1.33 bits per heavy atom. The summed E-state index contributed by atoms with van der Waals surface area (Å²) in [6.07, 6.45) is 0.